The van der Waals surface area contributed by atoms with Crippen LogP contribution in [-0.4, -0.2) is 36.7 Å². The number of hydrogen-bond acceptors (Lipinski definition) is 4. The van der Waals surface area contributed by atoms with Crippen molar-refractivity contribution in [1.82, 2.24) is 0 Å². The molecule has 0 aromatic carbocycles. The van der Waals surface area contributed by atoms with Gasteiger partial charge in [0.1, 0.15) is 0 Å². The Kier molecular flexibility index (Phi) is 6.11. The molecule has 1 unspecified atom stereocenters. The summed E-state index contributed by atoms with van der Waals surface area (Å²) in [4.78, 5) is 22.1. The molecule has 0 radical (unpaired) electrons. The summed E-state index contributed by atoms with van der Waals surface area (Å²) in [5.74, 6) is -7.97. The first-order valence-electron chi connectivity index (χ1n) is 5.40. The van der Waals surface area contributed by atoms with Gasteiger partial charge in [0.25, 0.3) is 0 Å². The van der Waals surface area contributed by atoms with Crippen molar-refractivity contribution in [3.05, 3.63) is 12.2 Å². The van der Waals surface area contributed by atoms with Crippen LogP contribution in [0.5, 0.6) is 0 Å². The molecule has 4 nitrogen and oxygen atoms in total. The van der Waals surface area contributed by atoms with E-state index in [-0.39, 0.29) is 5.57 Å². The van der Waals surface area contributed by atoms with Gasteiger partial charge < -0.3 is 9.47 Å². The summed E-state index contributed by atoms with van der Waals surface area (Å²) >= 11 is 0. The van der Waals surface area contributed by atoms with Crippen molar-refractivity contribution in [3.63, 3.8) is 0 Å². The van der Waals surface area contributed by atoms with Gasteiger partial charge in [-0.15, -0.1) is 0 Å². The lowest BCUT2D eigenvalue weighted by Gasteiger charge is -2.24. The van der Waals surface area contributed by atoms with Crippen LogP contribution in [0.25, 0.3) is 0 Å². The van der Waals surface area contributed by atoms with Gasteiger partial charge in [-0.1, -0.05) is 13.5 Å². The van der Waals surface area contributed by atoms with Gasteiger partial charge >= 0.3 is 24.0 Å². The first kappa shape index (κ1) is 18.3. The molecule has 0 N–H and O–H groups in total. The first-order chi connectivity index (χ1) is 8.91. The van der Waals surface area contributed by atoms with Crippen LogP contribution in [0.2, 0.25) is 0 Å². The van der Waals surface area contributed by atoms with E-state index in [1.807, 2.05) is 0 Å². The number of halogens is 5. The monoisotopic (exact) mass is 304 g/mol. The molecule has 0 fully saturated rings. The Morgan fingerprint density at radius 1 is 1.20 bits per heavy atom. The lowest BCUT2D eigenvalue weighted by Crippen LogP contribution is -2.45. The second kappa shape index (κ2) is 6.67. The summed E-state index contributed by atoms with van der Waals surface area (Å²) in [6.45, 7) is 3.36. The van der Waals surface area contributed by atoms with E-state index in [9.17, 15) is 31.5 Å². The SMILES string of the molecule is C=C(C)C(=O)OC(CC)C(F)(F)C(=O)OCC(F)(F)F. The van der Waals surface area contributed by atoms with Crippen LogP contribution in [0.3, 0.4) is 0 Å². The highest BCUT2D eigenvalue weighted by atomic mass is 19.4. The summed E-state index contributed by atoms with van der Waals surface area (Å²) in [7, 11) is 0. The smallest absolute Gasteiger partial charge is 0.422 e. The van der Waals surface area contributed by atoms with Crippen LogP contribution in [0, 0.1) is 0 Å². The first-order valence-corrected chi connectivity index (χ1v) is 5.40. The predicted molar refractivity (Wildman–Crippen MR) is 56.9 cm³/mol. The van der Waals surface area contributed by atoms with E-state index in [1.54, 1.807) is 0 Å². The van der Waals surface area contributed by atoms with Crippen LogP contribution < -0.4 is 0 Å². The summed E-state index contributed by atoms with van der Waals surface area (Å²) in [5.41, 5.74) is -0.192. The maximum atomic E-state index is 13.5. The molecule has 0 aliphatic heterocycles. The Morgan fingerprint density at radius 3 is 2.05 bits per heavy atom. The molecule has 0 rings (SSSR count). The molecule has 0 aliphatic rings. The summed E-state index contributed by atoms with van der Waals surface area (Å²) in [6.07, 6.45) is -7.65. The van der Waals surface area contributed by atoms with E-state index < -0.39 is 43.2 Å². The molecule has 0 bridgehead atoms. The minimum absolute atomic E-state index is 0.192. The Hall–Kier alpha value is -1.67. The van der Waals surface area contributed by atoms with Gasteiger partial charge in [-0.2, -0.15) is 22.0 Å². The minimum Gasteiger partial charge on any atom is -0.452 e. The second-order valence-electron chi connectivity index (χ2n) is 3.90. The predicted octanol–water partition coefficient (Wildman–Crippen LogP) is 2.63. The number of carbonyl (C=O) groups excluding carboxylic acids is 2. The van der Waals surface area contributed by atoms with Gasteiger partial charge in [0, 0.05) is 5.57 Å². The maximum absolute atomic E-state index is 13.5. The Labute approximate surface area is 111 Å². The fourth-order valence-corrected chi connectivity index (χ4v) is 1.02. The third kappa shape index (κ3) is 5.54. The third-order valence-corrected chi connectivity index (χ3v) is 2.01. The zero-order chi connectivity index (χ0) is 16.1. The number of esters is 2. The Bertz CT molecular complexity index is 389. The van der Waals surface area contributed by atoms with Crippen molar-refractivity contribution < 1.29 is 41.0 Å². The molecule has 9 heteroatoms. The van der Waals surface area contributed by atoms with Crippen molar-refractivity contribution in [2.24, 2.45) is 0 Å². The van der Waals surface area contributed by atoms with E-state index in [2.05, 4.69) is 16.1 Å². The van der Waals surface area contributed by atoms with Crippen LogP contribution >= 0.6 is 0 Å². The molecule has 0 spiro atoms. The average Bonchev–Trinajstić information content (AvgIpc) is 2.30. The van der Waals surface area contributed by atoms with E-state index in [1.165, 1.54) is 13.8 Å². The van der Waals surface area contributed by atoms with Crippen LogP contribution in [-0.2, 0) is 19.1 Å². The van der Waals surface area contributed by atoms with Crippen LogP contribution in [0.15, 0.2) is 12.2 Å². The van der Waals surface area contributed by atoms with E-state index in [0.717, 1.165) is 0 Å². The highest BCUT2D eigenvalue weighted by Gasteiger charge is 2.51. The maximum Gasteiger partial charge on any atom is 0.422 e. The summed E-state index contributed by atoms with van der Waals surface area (Å²) in [5, 5.41) is 0. The average molecular weight is 304 g/mol. The molecule has 0 aromatic heterocycles. The number of carbonyl (C=O) groups is 2. The standard InChI is InChI=1S/C11H13F5O4/c1-4-7(20-8(17)6(2)3)11(15,16)9(18)19-5-10(12,13)14/h7H,2,4-5H2,1,3H3. The van der Waals surface area contributed by atoms with Crippen molar-refractivity contribution >= 4 is 11.9 Å². The second-order valence-corrected chi connectivity index (χ2v) is 3.90. The van der Waals surface area contributed by atoms with Gasteiger partial charge in [0.2, 0.25) is 0 Å². The largest absolute Gasteiger partial charge is 0.452 e. The number of ether oxygens (including phenoxy) is 2. The fourth-order valence-electron chi connectivity index (χ4n) is 1.02. The molecule has 1 atom stereocenters. The van der Waals surface area contributed by atoms with Crippen molar-refractivity contribution in [2.75, 3.05) is 6.61 Å². The summed E-state index contributed by atoms with van der Waals surface area (Å²) < 4.78 is 70.2. The summed E-state index contributed by atoms with van der Waals surface area (Å²) in [6, 6.07) is 0. The van der Waals surface area contributed by atoms with Gasteiger partial charge in [0.05, 0.1) is 0 Å². The van der Waals surface area contributed by atoms with E-state index in [0.29, 0.717) is 0 Å². The molecule has 116 valence electrons. The van der Waals surface area contributed by atoms with Crippen molar-refractivity contribution in [2.45, 2.75) is 38.5 Å². The molecular weight excluding hydrogens is 291 g/mol. The Morgan fingerprint density at radius 2 is 1.70 bits per heavy atom. The molecule has 0 saturated heterocycles. The minimum atomic E-state index is -4.93. The normalized spacial score (nSPS) is 13.6. The topological polar surface area (TPSA) is 52.6 Å². The number of rotatable bonds is 6. The fraction of sp³-hybridized carbons (Fsp3) is 0.636. The van der Waals surface area contributed by atoms with Crippen LogP contribution in [0.4, 0.5) is 22.0 Å². The zero-order valence-electron chi connectivity index (χ0n) is 10.7. The van der Waals surface area contributed by atoms with Gasteiger partial charge in [-0.25, -0.2) is 9.59 Å². The van der Waals surface area contributed by atoms with E-state index >= 15 is 0 Å². The van der Waals surface area contributed by atoms with Crippen molar-refractivity contribution in [3.8, 4) is 0 Å². The quantitative estimate of drug-likeness (QED) is 0.430. The van der Waals surface area contributed by atoms with E-state index in [4.69, 9.17) is 0 Å². The van der Waals surface area contributed by atoms with Crippen molar-refractivity contribution in [1.29, 1.82) is 0 Å². The lowest BCUT2D eigenvalue weighted by atomic mass is 10.1. The van der Waals surface area contributed by atoms with Gasteiger partial charge in [-0.05, 0) is 13.3 Å². The third-order valence-electron chi connectivity index (χ3n) is 2.01. The number of hydrogen-bond donors (Lipinski definition) is 0. The van der Waals surface area contributed by atoms with Gasteiger partial charge in [-0.3, -0.25) is 0 Å². The number of alkyl halides is 5. The zero-order valence-corrected chi connectivity index (χ0v) is 10.7. The molecule has 20 heavy (non-hydrogen) atoms. The highest BCUT2D eigenvalue weighted by Crippen LogP contribution is 2.27. The molecule has 0 amide bonds. The molecular formula is C11H13F5O4. The molecule has 0 aliphatic carbocycles. The highest BCUT2D eigenvalue weighted by molar-refractivity contribution is 5.87. The molecule has 0 saturated carbocycles. The van der Waals surface area contributed by atoms with Crippen LogP contribution in [0.1, 0.15) is 20.3 Å². The van der Waals surface area contributed by atoms with Gasteiger partial charge in [0.15, 0.2) is 12.7 Å². The lowest BCUT2D eigenvalue weighted by molar-refractivity contribution is -0.216. The molecule has 0 heterocycles. The molecule has 0 aromatic rings. The Balaban J connectivity index is 4.83.